The van der Waals surface area contributed by atoms with E-state index < -0.39 is 12.5 Å². The lowest BCUT2D eigenvalue weighted by molar-refractivity contribution is -0.274. The number of aldehydes is 1. The molecule has 0 atom stereocenters. The van der Waals surface area contributed by atoms with Crippen LogP contribution in [0.15, 0.2) is 24.3 Å². The maximum Gasteiger partial charge on any atom is 0.573 e. The summed E-state index contributed by atoms with van der Waals surface area (Å²) in [6.07, 6.45) is -3.05. The summed E-state index contributed by atoms with van der Waals surface area (Å²) < 4.78 is 45.7. The van der Waals surface area contributed by atoms with E-state index in [1.807, 2.05) is 0 Å². The Morgan fingerprint density at radius 1 is 1.19 bits per heavy atom. The maximum atomic E-state index is 12.2. The fourth-order valence-corrected chi connectivity index (χ4v) is 2.62. The van der Waals surface area contributed by atoms with Gasteiger partial charge in [-0.15, -0.1) is 13.2 Å². The molecule has 9 heteroatoms. The molecule has 0 saturated carbocycles. The van der Waals surface area contributed by atoms with E-state index in [2.05, 4.69) is 9.64 Å². The van der Waals surface area contributed by atoms with Gasteiger partial charge in [-0.3, -0.25) is 4.90 Å². The van der Waals surface area contributed by atoms with Crippen molar-refractivity contribution in [2.45, 2.75) is 25.8 Å². The first-order valence-electron chi connectivity index (χ1n) is 8.30. The SMILES string of the molecule is O=CCCCN1CCN(C(=O)OCc2cccc(OC(F)(F)F)c2)CC1. The maximum absolute atomic E-state index is 12.2. The molecule has 1 heterocycles. The minimum absolute atomic E-state index is 0.132. The van der Waals surface area contributed by atoms with Crippen molar-refractivity contribution in [2.24, 2.45) is 0 Å². The molecule has 1 aromatic carbocycles. The summed E-state index contributed by atoms with van der Waals surface area (Å²) in [6.45, 7) is 3.10. The number of carbonyl (C=O) groups is 2. The highest BCUT2D eigenvalue weighted by molar-refractivity contribution is 5.67. The molecule has 26 heavy (non-hydrogen) atoms. The first-order chi connectivity index (χ1) is 12.4. The second kappa shape index (κ2) is 9.42. The van der Waals surface area contributed by atoms with E-state index in [1.54, 1.807) is 11.0 Å². The zero-order chi connectivity index (χ0) is 19.0. The van der Waals surface area contributed by atoms with Gasteiger partial charge in [0.1, 0.15) is 18.6 Å². The molecule has 2 rings (SSSR count). The summed E-state index contributed by atoms with van der Waals surface area (Å²) in [6, 6.07) is 5.33. The Labute approximate surface area is 149 Å². The molecule has 1 saturated heterocycles. The van der Waals surface area contributed by atoms with E-state index in [9.17, 15) is 22.8 Å². The molecule has 0 bridgehead atoms. The number of rotatable bonds is 7. The van der Waals surface area contributed by atoms with Crippen molar-refractivity contribution in [1.82, 2.24) is 9.80 Å². The van der Waals surface area contributed by atoms with Crippen LogP contribution in [-0.2, 0) is 16.1 Å². The molecule has 1 aliphatic heterocycles. The van der Waals surface area contributed by atoms with Crippen LogP contribution in [0.3, 0.4) is 0 Å². The third-order valence-electron chi connectivity index (χ3n) is 3.92. The average molecular weight is 374 g/mol. The molecule has 0 spiro atoms. The highest BCUT2D eigenvalue weighted by Gasteiger charge is 2.31. The van der Waals surface area contributed by atoms with Crippen LogP contribution in [0.25, 0.3) is 0 Å². The van der Waals surface area contributed by atoms with Crippen molar-refractivity contribution in [3.8, 4) is 5.75 Å². The third kappa shape index (κ3) is 6.91. The zero-order valence-corrected chi connectivity index (χ0v) is 14.2. The van der Waals surface area contributed by atoms with Crippen molar-refractivity contribution in [3.05, 3.63) is 29.8 Å². The van der Waals surface area contributed by atoms with Crippen molar-refractivity contribution in [3.63, 3.8) is 0 Å². The predicted molar refractivity (Wildman–Crippen MR) is 86.6 cm³/mol. The van der Waals surface area contributed by atoms with Gasteiger partial charge in [-0.25, -0.2) is 4.79 Å². The molecule has 0 aromatic heterocycles. The minimum atomic E-state index is -4.76. The van der Waals surface area contributed by atoms with Crippen molar-refractivity contribution >= 4 is 12.4 Å². The Balaban J connectivity index is 1.75. The normalized spacial score (nSPS) is 15.6. The molecule has 144 valence electrons. The van der Waals surface area contributed by atoms with Gasteiger partial charge in [-0.05, 0) is 30.7 Å². The van der Waals surface area contributed by atoms with Crippen LogP contribution in [-0.4, -0.2) is 61.3 Å². The Bertz CT molecular complexity index is 602. The van der Waals surface area contributed by atoms with Crippen LogP contribution >= 0.6 is 0 Å². The third-order valence-corrected chi connectivity index (χ3v) is 3.92. The molecular weight excluding hydrogens is 353 g/mol. The number of nitrogens with zero attached hydrogens (tertiary/aromatic N) is 2. The molecule has 1 amide bonds. The van der Waals surface area contributed by atoms with E-state index in [-0.39, 0.29) is 12.4 Å². The molecule has 1 aromatic rings. The lowest BCUT2D eigenvalue weighted by Crippen LogP contribution is -2.48. The highest BCUT2D eigenvalue weighted by Crippen LogP contribution is 2.23. The van der Waals surface area contributed by atoms with Gasteiger partial charge in [-0.1, -0.05) is 12.1 Å². The number of unbranched alkanes of at least 4 members (excludes halogenated alkanes) is 1. The predicted octanol–water partition coefficient (Wildman–Crippen LogP) is 2.82. The largest absolute Gasteiger partial charge is 0.573 e. The number of hydrogen-bond donors (Lipinski definition) is 0. The number of piperazine rings is 1. The number of carbonyl (C=O) groups excluding carboxylic acids is 2. The van der Waals surface area contributed by atoms with Crippen LogP contribution in [0.5, 0.6) is 5.75 Å². The highest BCUT2D eigenvalue weighted by atomic mass is 19.4. The lowest BCUT2D eigenvalue weighted by Gasteiger charge is -2.33. The number of ether oxygens (including phenoxy) is 2. The smallest absolute Gasteiger partial charge is 0.445 e. The first-order valence-corrected chi connectivity index (χ1v) is 8.30. The van der Waals surface area contributed by atoms with Gasteiger partial charge in [0, 0.05) is 32.6 Å². The standard InChI is InChI=1S/C17H21F3N2O4/c18-17(19,20)26-15-5-3-4-14(12-15)13-25-16(24)22-9-7-21(8-10-22)6-1-2-11-23/h3-5,11-12H,1-2,6-10,13H2. The molecule has 0 aliphatic carbocycles. The fourth-order valence-electron chi connectivity index (χ4n) is 2.62. The molecule has 0 unspecified atom stereocenters. The Morgan fingerprint density at radius 3 is 2.58 bits per heavy atom. The monoisotopic (exact) mass is 374 g/mol. The van der Waals surface area contributed by atoms with Gasteiger partial charge in [0.05, 0.1) is 0 Å². The number of halogens is 3. The van der Waals surface area contributed by atoms with Crippen LogP contribution in [0, 0.1) is 0 Å². The number of hydrogen-bond acceptors (Lipinski definition) is 5. The summed E-state index contributed by atoms with van der Waals surface area (Å²) in [5, 5.41) is 0. The Hall–Kier alpha value is -2.29. The topological polar surface area (TPSA) is 59.1 Å². The van der Waals surface area contributed by atoms with Crippen molar-refractivity contribution in [1.29, 1.82) is 0 Å². The number of benzene rings is 1. The van der Waals surface area contributed by atoms with Gasteiger partial charge in [0.2, 0.25) is 0 Å². The second-order valence-corrected chi connectivity index (χ2v) is 5.89. The van der Waals surface area contributed by atoms with Gasteiger partial charge >= 0.3 is 12.5 Å². The minimum Gasteiger partial charge on any atom is -0.445 e. The van der Waals surface area contributed by atoms with Crippen LogP contribution in [0.4, 0.5) is 18.0 Å². The Morgan fingerprint density at radius 2 is 1.92 bits per heavy atom. The fraction of sp³-hybridized carbons (Fsp3) is 0.529. The van der Waals surface area contributed by atoms with E-state index in [4.69, 9.17) is 4.74 Å². The van der Waals surface area contributed by atoms with Crippen LogP contribution in [0.2, 0.25) is 0 Å². The summed E-state index contributed by atoms with van der Waals surface area (Å²) >= 11 is 0. The van der Waals surface area contributed by atoms with Crippen molar-refractivity contribution in [2.75, 3.05) is 32.7 Å². The second-order valence-electron chi connectivity index (χ2n) is 5.89. The molecule has 6 nitrogen and oxygen atoms in total. The average Bonchev–Trinajstić information content (AvgIpc) is 2.59. The van der Waals surface area contributed by atoms with Crippen LogP contribution < -0.4 is 4.74 Å². The van der Waals surface area contributed by atoms with Crippen molar-refractivity contribution < 1.29 is 32.2 Å². The molecular formula is C17H21F3N2O4. The van der Waals surface area contributed by atoms with E-state index in [0.29, 0.717) is 38.2 Å². The molecule has 1 fully saturated rings. The molecule has 0 N–H and O–H groups in total. The van der Waals surface area contributed by atoms with E-state index >= 15 is 0 Å². The molecule has 1 aliphatic rings. The summed E-state index contributed by atoms with van der Waals surface area (Å²) in [5.41, 5.74) is 0.410. The Kier molecular flexibility index (Phi) is 7.26. The quantitative estimate of drug-likeness (QED) is 0.543. The first kappa shape index (κ1) is 20.0. The van der Waals surface area contributed by atoms with Gasteiger partial charge in [0.25, 0.3) is 0 Å². The van der Waals surface area contributed by atoms with Gasteiger partial charge in [-0.2, -0.15) is 0 Å². The van der Waals surface area contributed by atoms with Crippen LogP contribution in [0.1, 0.15) is 18.4 Å². The summed E-state index contributed by atoms with van der Waals surface area (Å²) in [5.74, 6) is -0.352. The zero-order valence-electron chi connectivity index (χ0n) is 14.2. The summed E-state index contributed by atoms with van der Waals surface area (Å²) in [4.78, 5) is 26.1. The lowest BCUT2D eigenvalue weighted by atomic mass is 10.2. The molecule has 0 radical (unpaired) electrons. The number of alkyl halides is 3. The number of amides is 1. The van der Waals surface area contributed by atoms with E-state index in [1.165, 1.54) is 18.2 Å². The van der Waals surface area contributed by atoms with Gasteiger partial charge < -0.3 is 19.2 Å². The summed E-state index contributed by atoms with van der Waals surface area (Å²) in [7, 11) is 0. The van der Waals surface area contributed by atoms with E-state index in [0.717, 1.165) is 19.3 Å². The van der Waals surface area contributed by atoms with Gasteiger partial charge in [0.15, 0.2) is 0 Å².